The molecule has 0 bridgehead atoms. The molecule has 0 aromatic carbocycles. The average Bonchev–Trinajstić information content (AvgIpc) is 2.15. The quantitative estimate of drug-likeness (QED) is 0.468. The van der Waals surface area contributed by atoms with Crippen LogP contribution < -0.4 is 5.32 Å². The van der Waals surface area contributed by atoms with Crippen molar-refractivity contribution in [3.63, 3.8) is 0 Å². The molecule has 0 amide bonds. The highest BCUT2D eigenvalue weighted by Crippen LogP contribution is 1.88. The Bertz CT molecular complexity index is 160. The number of hydrogen-bond donors (Lipinski definition) is 1. The molecule has 0 spiro atoms. The Morgan fingerprint density at radius 1 is 1.33 bits per heavy atom. The fourth-order valence-electron chi connectivity index (χ4n) is 1.04. The molecule has 0 saturated carbocycles. The van der Waals surface area contributed by atoms with Gasteiger partial charge in [-0.05, 0) is 33.2 Å². The molecule has 0 rings (SSSR count). The summed E-state index contributed by atoms with van der Waals surface area (Å²) in [6.07, 6.45) is 1.94. The maximum atomic E-state index is 11.1. The van der Waals surface area contributed by atoms with Gasteiger partial charge < -0.3 is 14.8 Å². The van der Waals surface area contributed by atoms with Crippen LogP contribution >= 0.6 is 0 Å². The lowest BCUT2D eigenvalue weighted by Crippen LogP contribution is -2.27. The third-order valence-corrected chi connectivity index (χ3v) is 1.63. The SMILES string of the molecule is CCCOCCCNCC(=O)OC(C)C. The van der Waals surface area contributed by atoms with Crippen LogP contribution in [0.3, 0.4) is 0 Å². The molecule has 4 nitrogen and oxygen atoms in total. The molecule has 0 aliphatic rings. The topological polar surface area (TPSA) is 47.6 Å². The van der Waals surface area contributed by atoms with Gasteiger partial charge in [0.1, 0.15) is 0 Å². The minimum Gasteiger partial charge on any atom is -0.462 e. The van der Waals surface area contributed by atoms with Crippen molar-refractivity contribution in [3.05, 3.63) is 0 Å². The highest BCUT2D eigenvalue weighted by atomic mass is 16.5. The number of hydrogen-bond acceptors (Lipinski definition) is 4. The van der Waals surface area contributed by atoms with E-state index in [1.807, 2.05) is 13.8 Å². The van der Waals surface area contributed by atoms with E-state index in [2.05, 4.69) is 12.2 Å². The first-order valence-electron chi connectivity index (χ1n) is 5.64. The summed E-state index contributed by atoms with van der Waals surface area (Å²) >= 11 is 0. The largest absolute Gasteiger partial charge is 0.462 e. The van der Waals surface area contributed by atoms with Crippen LogP contribution in [0.15, 0.2) is 0 Å². The predicted octanol–water partition coefficient (Wildman–Crippen LogP) is 1.34. The molecule has 0 aromatic rings. The Labute approximate surface area is 92.3 Å². The molecular formula is C11H23NO3. The second-order valence-electron chi connectivity index (χ2n) is 3.68. The summed E-state index contributed by atoms with van der Waals surface area (Å²) < 4.78 is 10.3. The van der Waals surface area contributed by atoms with Gasteiger partial charge >= 0.3 is 5.97 Å². The maximum Gasteiger partial charge on any atom is 0.320 e. The van der Waals surface area contributed by atoms with Gasteiger partial charge in [-0.1, -0.05) is 6.92 Å². The zero-order valence-electron chi connectivity index (χ0n) is 10.0. The van der Waals surface area contributed by atoms with Crippen molar-refractivity contribution in [3.8, 4) is 0 Å². The Hall–Kier alpha value is -0.610. The molecule has 0 aromatic heterocycles. The van der Waals surface area contributed by atoms with Crippen molar-refractivity contribution in [2.75, 3.05) is 26.3 Å². The molecular weight excluding hydrogens is 194 g/mol. The number of carbonyl (C=O) groups excluding carboxylic acids is 1. The Morgan fingerprint density at radius 3 is 2.67 bits per heavy atom. The van der Waals surface area contributed by atoms with Gasteiger partial charge in [-0.3, -0.25) is 4.79 Å². The zero-order chi connectivity index (χ0) is 11.5. The number of ether oxygens (including phenoxy) is 2. The van der Waals surface area contributed by atoms with Gasteiger partial charge in [-0.25, -0.2) is 0 Å². The van der Waals surface area contributed by atoms with E-state index >= 15 is 0 Å². The van der Waals surface area contributed by atoms with Crippen LogP contribution in [0.2, 0.25) is 0 Å². The van der Waals surface area contributed by atoms with E-state index in [1.165, 1.54) is 0 Å². The molecule has 0 unspecified atom stereocenters. The van der Waals surface area contributed by atoms with E-state index in [1.54, 1.807) is 0 Å². The summed E-state index contributed by atoms with van der Waals surface area (Å²) in [6, 6.07) is 0. The molecule has 0 atom stereocenters. The summed E-state index contributed by atoms with van der Waals surface area (Å²) in [7, 11) is 0. The van der Waals surface area contributed by atoms with Gasteiger partial charge in [0.25, 0.3) is 0 Å². The molecule has 0 heterocycles. The van der Waals surface area contributed by atoms with Gasteiger partial charge in [0.05, 0.1) is 12.6 Å². The molecule has 90 valence electrons. The molecule has 0 fully saturated rings. The minimum absolute atomic E-state index is 0.0350. The fourth-order valence-corrected chi connectivity index (χ4v) is 1.04. The van der Waals surface area contributed by atoms with Gasteiger partial charge in [0.2, 0.25) is 0 Å². The van der Waals surface area contributed by atoms with Gasteiger partial charge in [0, 0.05) is 13.2 Å². The monoisotopic (exact) mass is 217 g/mol. The minimum atomic E-state index is -0.195. The fraction of sp³-hybridized carbons (Fsp3) is 0.909. The lowest BCUT2D eigenvalue weighted by Gasteiger charge is -2.08. The normalized spacial score (nSPS) is 10.7. The first kappa shape index (κ1) is 14.4. The van der Waals surface area contributed by atoms with E-state index in [0.29, 0.717) is 0 Å². The van der Waals surface area contributed by atoms with Crippen LogP contribution in [0, 0.1) is 0 Å². The summed E-state index contributed by atoms with van der Waals surface area (Å²) in [5, 5.41) is 3.01. The summed E-state index contributed by atoms with van der Waals surface area (Å²) in [4.78, 5) is 11.1. The highest BCUT2D eigenvalue weighted by molar-refractivity contribution is 5.71. The Kier molecular flexibility index (Phi) is 9.52. The molecule has 1 N–H and O–H groups in total. The number of nitrogens with one attached hydrogen (secondary N) is 1. The summed E-state index contributed by atoms with van der Waals surface area (Å²) in [6.45, 7) is 8.41. The number of esters is 1. The van der Waals surface area contributed by atoms with E-state index in [9.17, 15) is 4.79 Å². The van der Waals surface area contributed by atoms with Crippen LogP contribution in [-0.2, 0) is 14.3 Å². The van der Waals surface area contributed by atoms with Crippen molar-refractivity contribution in [1.82, 2.24) is 5.32 Å². The number of carbonyl (C=O) groups is 1. The Balaban J connectivity index is 3.13. The van der Waals surface area contributed by atoms with E-state index < -0.39 is 0 Å². The standard InChI is InChI=1S/C11H23NO3/c1-4-7-14-8-5-6-12-9-11(13)15-10(2)3/h10,12H,4-9H2,1-3H3. The van der Waals surface area contributed by atoms with E-state index in [0.717, 1.165) is 32.6 Å². The van der Waals surface area contributed by atoms with Crippen LogP contribution in [0.25, 0.3) is 0 Å². The van der Waals surface area contributed by atoms with Crippen LogP contribution in [0.4, 0.5) is 0 Å². The smallest absolute Gasteiger partial charge is 0.320 e. The molecule has 0 aliphatic carbocycles. The third-order valence-electron chi connectivity index (χ3n) is 1.63. The molecule has 0 aliphatic heterocycles. The second-order valence-corrected chi connectivity index (χ2v) is 3.68. The molecule has 0 radical (unpaired) electrons. The predicted molar refractivity (Wildman–Crippen MR) is 59.8 cm³/mol. The van der Waals surface area contributed by atoms with Gasteiger partial charge in [-0.2, -0.15) is 0 Å². The first-order valence-corrected chi connectivity index (χ1v) is 5.64. The molecule has 0 saturated heterocycles. The molecule has 4 heteroatoms. The van der Waals surface area contributed by atoms with Crippen molar-refractivity contribution in [2.45, 2.75) is 39.7 Å². The lowest BCUT2D eigenvalue weighted by molar-refractivity contribution is -0.146. The zero-order valence-corrected chi connectivity index (χ0v) is 10.0. The summed E-state index contributed by atoms with van der Waals surface area (Å²) in [5.41, 5.74) is 0. The van der Waals surface area contributed by atoms with E-state index in [4.69, 9.17) is 9.47 Å². The second kappa shape index (κ2) is 9.93. The van der Waals surface area contributed by atoms with Crippen LogP contribution in [0.1, 0.15) is 33.6 Å². The van der Waals surface area contributed by atoms with Crippen molar-refractivity contribution < 1.29 is 14.3 Å². The first-order chi connectivity index (χ1) is 7.16. The van der Waals surface area contributed by atoms with Crippen LogP contribution in [0.5, 0.6) is 0 Å². The van der Waals surface area contributed by atoms with Gasteiger partial charge in [-0.15, -0.1) is 0 Å². The van der Waals surface area contributed by atoms with Crippen molar-refractivity contribution in [1.29, 1.82) is 0 Å². The van der Waals surface area contributed by atoms with Gasteiger partial charge in [0.15, 0.2) is 0 Å². The Morgan fingerprint density at radius 2 is 2.07 bits per heavy atom. The van der Waals surface area contributed by atoms with Crippen LogP contribution in [-0.4, -0.2) is 38.4 Å². The van der Waals surface area contributed by atoms with Crippen molar-refractivity contribution in [2.24, 2.45) is 0 Å². The third kappa shape index (κ3) is 11.3. The molecule has 15 heavy (non-hydrogen) atoms. The highest BCUT2D eigenvalue weighted by Gasteiger charge is 2.03. The summed E-state index contributed by atoms with van der Waals surface area (Å²) in [5.74, 6) is -0.195. The number of rotatable bonds is 9. The maximum absolute atomic E-state index is 11.1. The van der Waals surface area contributed by atoms with Crippen molar-refractivity contribution >= 4 is 5.97 Å². The van der Waals surface area contributed by atoms with E-state index in [-0.39, 0.29) is 18.6 Å². The average molecular weight is 217 g/mol. The lowest BCUT2D eigenvalue weighted by atomic mass is 10.4.